The summed E-state index contributed by atoms with van der Waals surface area (Å²) in [6.45, 7) is 2.17. The van der Waals surface area contributed by atoms with Gasteiger partial charge in [-0.1, -0.05) is 6.07 Å². The lowest BCUT2D eigenvalue weighted by Gasteiger charge is -2.10. The molecule has 23 heavy (non-hydrogen) atoms. The second-order valence-corrected chi connectivity index (χ2v) is 4.59. The molecule has 1 aromatic carbocycles. The quantitative estimate of drug-likeness (QED) is 0.645. The van der Waals surface area contributed by atoms with Crippen molar-refractivity contribution in [3.8, 4) is 11.5 Å². The van der Waals surface area contributed by atoms with Gasteiger partial charge in [0.2, 0.25) is 0 Å². The van der Waals surface area contributed by atoms with Crippen LogP contribution in [0.2, 0.25) is 0 Å². The normalized spacial score (nSPS) is 10.0. The van der Waals surface area contributed by atoms with E-state index >= 15 is 0 Å². The van der Waals surface area contributed by atoms with Crippen LogP contribution in [0, 0.1) is 0 Å². The van der Waals surface area contributed by atoms with Crippen LogP contribution in [0.1, 0.15) is 12.5 Å². The molecule has 0 aliphatic carbocycles. The topological polar surface area (TPSA) is 83.1 Å². The smallest absolute Gasteiger partial charge is 0.332 e. The van der Waals surface area contributed by atoms with Crippen molar-refractivity contribution >= 4 is 11.9 Å². The molecule has 0 aromatic heterocycles. The summed E-state index contributed by atoms with van der Waals surface area (Å²) in [6, 6.07) is 5.56. The van der Waals surface area contributed by atoms with Gasteiger partial charge < -0.3 is 24.3 Å². The van der Waals surface area contributed by atoms with Crippen molar-refractivity contribution in [3.63, 3.8) is 0 Å². The van der Waals surface area contributed by atoms with Gasteiger partial charge in [-0.2, -0.15) is 0 Å². The molecule has 1 rings (SSSR count). The molecule has 0 bridgehead atoms. The number of nitrogens with one attached hydrogen (secondary N) is 1. The average Bonchev–Trinajstić information content (AvgIpc) is 2.57. The molecular weight excluding hydrogens is 302 g/mol. The van der Waals surface area contributed by atoms with E-state index in [2.05, 4.69) is 5.32 Å². The molecule has 7 nitrogen and oxygen atoms in total. The van der Waals surface area contributed by atoms with Gasteiger partial charge in [-0.25, -0.2) is 4.79 Å². The molecule has 1 aromatic rings. The molecule has 0 radical (unpaired) electrons. The first-order valence-electron chi connectivity index (χ1n) is 7.31. The maximum Gasteiger partial charge on any atom is 0.332 e. The number of benzene rings is 1. The van der Waals surface area contributed by atoms with E-state index in [1.54, 1.807) is 21.1 Å². The number of esters is 1. The van der Waals surface area contributed by atoms with Gasteiger partial charge in [0.1, 0.15) is 6.61 Å². The molecule has 7 heteroatoms. The third kappa shape index (κ3) is 7.01. The van der Waals surface area contributed by atoms with Crippen molar-refractivity contribution in [1.29, 1.82) is 0 Å². The highest BCUT2D eigenvalue weighted by Crippen LogP contribution is 2.27. The summed E-state index contributed by atoms with van der Waals surface area (Å²) in [5.74, 6) is 0.389. The Morgan fingerprint density at radius 2 is 1.83 bits per heavy atom. The van der Waals surface area contributed by atoms with Crippen molar-refractivity contribution in [2.75, 3.05) is 40.6 Å². The molecule has 0 saturated carbocycles. The SMILES string of the molecule is CCOCC(=O)OCC(=O)NCCc1ccc(OC)c(OC)c1. The fraction of sp³-hybridized carbons (Fsp3) is 0.500. The average molecular weight is 325 g/mol. The second kappa shape index (κ2) is 10.4. The van der Waals surface area contributed by atoms with Gasteiger partial charge in [0.15, 0.2) is 18.1 Å². The number of methoxy groups -OCH3 is 2. The van der Waals surface area contributed by atoms with Gasteiger partial charge in [-0.15, -0.1) is 0 Å². The number of hydrogen-bond donors (Lipinski definition) is 1. The highest BCUT2D eigenvalue weighted by Gasteiger charge is 2.08. The summed E-state index contributed by atoms with van der Waals surface area (Å²) in [7, 11) is 3.14. The van der Waals surface area contributed by atoms with Crippen molar-refractivity contribution in [2.45, 2.75) is 13.3 Å². The van der Waals surface area contributed by atoms with E-state index < -0.39 is 5.97 Å². The van der Waals surface area contributed by atoms with E-state index in [0.717, 1.165) is 5.56 Å². The van der Waals surface area contributed by atoms with Crippen LogP contribution in [0.4, 0.5) is 0 Å². The Labute approximate surface area is 135 Å². The zero-order chi connectivity index (χ0) is 17.1. The molecular formula is C16H23NO6. The van der Waals surface area contributed by atoms with Crippen LogP contribution < -0.4 is 14.8 Å². The van der Waals surface area contributed by atoms with Crippen molar-refractivity contribution in [2.24, 2.45) is 0 Å². The molecule has 0 aliphatic heterocycles. The monoisotopic (exact) mass is 325 g/mol. The Balaban J connectivity index is 2.31. The molecule has 0 saturated heterocycles. The van der Waals surface area contributed by atoms with Gasteiger partial charge in [0.25, 0.3) is 5.91 Å². The molecule has 0 atom stereocenters. The van der Waals surface area contributed by atoms with Crippen LogP contribution in [0.25, 0.3) is 0 Å². The number of carbonyl (C=O) groups is 2. The standard InChI is InChI=1S/C16H23NO6/c1-4-22-11-16(19)23-10-15(18)17-8-7-12-5-6-13(20-2)14(9-12)21-3/h5-6,9H,4,7-8,10-11H2,1-3H3,(H,17,18). The molecule has 0 aliphatic rings. The molecule has 0 unspecified atom stereocenters. The highest BCUT2D eigenvalue weighted by molar-refractivity contribution is 5.80. The first-order valence-corrected chi connectivity index (χ1v) is 7.31. The van der Waals surface area contributed by atoms with E-state index in [4.69, 9.17) is 18.9 Å². The first-order chi connectivity index (χ1) is 11.1. The Bertz CT molecular complexity index is 517. The van der Waals surface area contributed by atoms with E-state index in [1.165, 1.54) is 0 Å². The molecule has 0 fully saturated rings. The summed E-state index contributed by atoms with van der Waals surface area (Å²) in [5, 5.41) is 2.68. The number of amides is 1. The fourth-order valence-corrected chi connectivity index (χ4v) is 1.81. The summed E-state index contributed by atoms with van der Waals surface area (Å²) in [4.78, 5) is 22.7. The van der Waals surface area contributed by atoms with Crippen LogP contribution in [-0.4, -0.2) is 52.5 Å². The van der Waals surface area contributed by atoms with Crippen LogP contribution in [-0.2, 0) is 25.5 Å². The van der Waals surface area contributed by atoms with E-state index in [-0.39, 0.29) is 19.1 Å². The maximum absolute atomic E-state index is 11.6. The lowest BCUT2D eigenvalue weighted by Crippen LogP contribution is -2.31. The Morgan fingerprint density at radius 3 is 2.48 bits per heavy atom. The predicted octanol–water partition coefficient (Wildman–Crippen LogP) is 0.942. The molecule has 0 spiro atoms. The van der Waals surface area contributed by atoms with E-state index in [1.807, 2.05) is 18.2 Å². The van der Waals surface area contributed by atoms with Gasteiger partial charge in [-0.3, -0.25) is 4.79 Å². The van der Waals surface area contributed by atoms with Gasteiger partial charge in [-0.05, 0) is 31.0 Å². The molecule has 1 amide bonds. The van der Waals surface area contributed by atoms with Crippen molar-refractivity contribution in [3.05, 3.63) is 23.8 Å². The van der Waals surface area contributed by atoms with E-state index in [9.17, 15) is 9.59 Å². The maximum atomic E-state index is 11.6. The number of hydrogen-bond acceptors (Lipinski definition) is 6. The lowest BCUT2D eigenvalue weighted by molar-refractivity contribution is -0.152. The predicted molar refractivity (Wildman–Crippen MR) is 83.7 cm³/mol. The Hall–Kier alpha value is -2.28. The minimum absolute atomic E-state index is 0.143. The third-order valence-electron chi connectivity index (χ3n) is 2.97. The van der Waals surface area contributed by atoms with E-state index in [0.29, 0.717) is 31.1 Å². The Morgan fingerprint density at radius 1 is 1.09 bits per heavy atom. The summed E-state index contributed by atoms with van der Waals surface area (Å²) in [5.41, 5.74) is 0.997. The minimum atomic E-state index is -0.554. The minimum Gasteiger partial charge on any atom is -0.493 e. The van der Waals surface area contributed by atoms with Crippen LogP contribution in [0.15, 0.2) is 18.2 Å². The zero-order valence-corrected chi connectivity index (χ0v) is 13.7. The van der Waals surface area contributed by atoms with Crippen molar-refractivity contribution < 1.29 is 28.5 Å². The number of carbonyl (C=O) groups excluding carboxylic acids is 2. The second-order valence-electron chi connectivity index (χ2n) is 4.59. The largest absolute Gasteiger partial charge is 0.493 e. The lowest BCUT2D eigenvalue weighted by atomic mass is 10.1. The number of rotatable bonds is 10. The van der Waals surface area contributed by atoms with Crippen LogP contribution >= 0.6 is 0 Å². The van der Waals surface area contributed by atoms with Crippen LogP contribution in [0.5, 0.6) is 11.5 Å². The summed E-state index contributed by atoms with van der Waals surface area (Å²) < 4.78 is 20.0. The van der Waals surface area contributed by atoms with Gasteiger partial charge in [0, 0.05) is 13.2 Å². The van der Waals surface area contributed by atoms with Gasteiger partial charge in [0.05, 0.1) is 14.2 Å². The number of ether oxygens (including phenoxy) is 4. The van der Waals surface area contributed by atoms with Crippen molar-refractivity contribution in [1.82, 2.24) is 5.32 Å². The summed E-state index contributed by atoms with van der Waals surface area (Å²) >= 11 is 0. The highest BCUT2D eigenvalue weighted by atomic mass is 16.6. The fourth-order valence-electron chi connectivity index (χ4n) is 1.81. The molecule has 1 N–H and O–H groups in total. The first kappa shape index (κ1) is 18.8. The Kier molecular flexibility index (Phi) is 8.52. The zero-order valence-electron chi connectivity index (χ0n) is 13.7. The third-order valence-corrected chi connectivity index (χ3v) is 2.97. The van der Waals surface area contributed by atoms with Crippen LogP contribution in [0.3, 0.4) is 0 Å². The summed E-state index contributed by atoms with van der Waals surface area (Å²) in [6.07, 6.45) is 0.624. The molecule has 0 heterocycles. The molecule has 128 valence electrons. The van der Waals surface area contributed by atoms with Gasteiger partial charge >= 0.3 is 5.97 Å².